The summed E-state index contributed by atoms with van der Waals surface area (Å²) in [6, 6.07) is 4.73. The third kappa shape index (κ3) is 8.15. The number of hydrogen-bond acceptors (Lipinski definition) is 3. The van der Waals surface area contributed by atoms with Crippen LogP contribution < -0.4 is 5.43 Å². The average Bonchev–Trinajstić information content (AvgIpc) is 2.54. The molecule has 1 aromatic carbocycles. The molecule has 6 heteroatoms. The summed E-state index contributed by atoms with van der Waals surface area (Å²) in [7, 11) is 0. The van der Waals surface area contributed by atoms with Crippen molar-refractivity contribution >= 4 is 11.9 Å². The van der Waals surface area contributed by atoms with E-state index in [1.165, 1.54) is 25.0 Å². The van der Waals surface area contributed by atoms with Crippen LogP contribution in [0.2, 0.25) is 0 Å². The van der Waals surface area contributed by atoms with Crippen molar-refractivity contribution < 1.29 is 17.9 Å². The fourth-order valence-corrected chi connectivity index (χ4v) is 2.11. The number of hydrogen-bond donors (Lipinski definition) is 1. The van der Waals surface area contributed by atoms with Gasteiger partial charge < -0.3 is 4.74 Å². The van der Waals surface area contributed by atoms with Crippen molar-refractivity contribution in [3.8, 4) is 0 Å². The maximum atomic E-state index is 12.5. The molecule has 0 fully saturated rings. The molecule has 0 aliphatic carbocycles. The molecule has 0 spiro atoms. The van der Waals surface area contributed by atoms with Gasteiger partial charge in [0, 0.05) is 12.8 Å². The van der Waals surface area contributed by atoms with E-state index < -0.39 is 11.7 Å². The Bertz CT molecular complexity index is 510. The van der Waals surface area contributed by atoms with Crippen LogP contribution in [0.15, 0.2) is 41.5 Å². The molecule has 1 rings (SSSR count). The zero-order valence-electron chi connectivity index (χ0n) is 14.1. The molecule has 134 valence electrons. The molecule has 1 N–H and O–H groups in total. The smallest absolute Gasteiger partial charge is 0.374 e. The van der Waals surface area contributed by atoms with Crippen LogP contribution in [0.1, 0.15) is 45.1 Å². The summed E-state index contributed by atoms with van der Waals surface area (Å²) < 4.78 is 43.0. The highest BCUT2D eigenvalue weighted by Gasteiger charge is 2.29. The van der Waals surface area contributed by atoms with Gasteiger partial charge in [-0.25, -0.2) is 0 Å². The number of anilines is 1. The first-order chi connectivity index (χ1) is 11.5. The fraction of sp³-hybridized carbons (Fsp3) is 0.500. The van der Waals surface area contributed by atoms with Gasteiger partial charge in [-0.3, -0.25) is 5.43 Å². The molecule has 0 saturated heterocycles. The van der Waals surface area contributed by atoms with E-state index in [1.807, 2.05) is 13.0 Å². The van der Waals surface area contributed by atoms with Crippen LogP contribution in [0.5, 0.6) is 0 Å². The number of nitrogens with zero attached hydrogens (tertiary/aromatic N) is 1. The van der Waals surface area contributed by atoms with Gasteiger partial charge in [-0.2, -0.15) is 18.3 Å². The van der Waals surface area contributed by atoms with Crippen LogP contribution >= 0.6 is 0 Å². The highest BCUT2D eigenvalue weighted by Crippen LogP contribution is 2.29. The number of hydrazone groups is 1. The van der Waals surface area contributed by atoms with Crippen molar-refractivity contribution in [1.29, 1.82) is 0 Å². The van der Waals surface area contributed by atoms with Gasteiger partial charge in [-0.15, -0.1) is 0 Å². The Morgan fingerprint density at radius 2 is 1.88 bits per heavy atom. The number of allylic oxidation sites excluding steroid dienone is 1. The molecular formula is C18H25F3N2O. The Kier molecular flexibility index (Phi) is 9.15. The molecule has 24 heavy (non-hydrogen) atoms. The lowest BCUT2D eigenvalue weighted by Gasteiger charge is -2.11. The zero-order valence-corrected chi connectivity index (χ0v) is 14.1. The van der Waals surface area contributed by atoms with Gasteiger partial charge in [-0.1, -0.05) is 32.3 Å². The minimum absolute atomic E-state index is 0.0686. The summed E-state index contributed by atoms with van der Waals surface area (Å²) >= 11 is 0. The number of nitrogens with one attached hydrogen (secondary N) is 1. The number of rotatable bonds is 10. The van der Waals surface area contributed by atoms with E-state index in [-0.39, 0.29) is 6.10 Å². The van der Waals surface area contributed by atoms with E-state index in [9.17, 15) is 13.2 Å². The van der Waals surface area contributed by atoms with E-state index in [1.54, 1.807) is 12.3 Å². The number of alkyl halides is 3. The monoisotopic (exact) mass is 342 g/mol. The topological polar surface area (TPSA) is 33.6 Å². The minimum atomic E-state index is -4.32. The molecular weight excluding hydrogens is 317 g/mol. The van der Waals surface area contributed by atoms with Gasteiger partial charge in [0.25, 0.3) is 0 Å². The molecule has 0 saturated carbocycles. The van der Waals surface area contributed by atoms with Gasteiger partial charge >= 0.3 is 6.18 Å². The van der Waals surface area contributed by atoms with E-state index in [0.717, 1.165) is 25.0 Å². The van der Waals surface area contributed by atoms with E-state index in [0.29, 0.717) is 12.3 Å². The van der Waals surface area contributed by atoms with Crippen LogP contribution in [-0.2, 0) is 10.9 Å². The Morgan fingerprint density at radius 3 is 2.46 bits per heavy atom. The van der Waals surface area contributed by atoms with Crippen molar-refractivity contribution in [3.05, 3.63) is 42.0 Å². The molecule has 0 amide bonds. The SMILES string of the molecule is CCCCCC(/C=C/C=N/Nc1ccc(C(F)(F)F)cc1)OCC. The summed E-state index contributed by atoms with van der Waals surface area (Å²) in [6.07, 6.45) is 5.46. The van der Waals surface area contributed by atoms with Crippen molar-refractivity contribution in [1.82, 2.24) is 0 Å². The summed E-state index contributed by atoms with van der Waals surface area (Å²) in [4.78, 5) is 0. The van der Waals surface area contributed by atoms with Crippen LogP contribution in [0, 0.1) is 0 Å². The molecule has 1 aromatic rings. The molecule has 0 aliphatic rings. The van der Waals surface area contributed by atoms with Gasteiger partial charge in [0.15, 0.2) is 0 Å². The zero-order chi connectivity index (χ0) is 17.8. The van der Waals surface area contributed by atoms with Crippen LogP contribution in [0.3, 0.4) is 0 Å². The first-order valence-corrected chi connectivity index (χ1v) is 8.22. The molecule has 3 nitrogen and oxygen atoms in total. The Hall–Kier alpha value is -1.82. The molecule has 0 aromatic heterocycles. The van der Waals surface area contributed by atoms with E-state index in [2.05, 4.69) is 17.5 Å². The maximum Gasteiger partial charge on any atom is 0.416 e. The molecule has 0 aliphatic heterocycles. The fourth-order valence-electron chi connectivity index (χ4n) is 2.11. The Balaban J connectivity index is 2.45. The van der Waals surface area contributed by atoms with Crippen LogP contribution in [-0.4, -0.2) is 18.9 Å². The highest BCUT2D eigenvalue weighted by molar-refractivity contribution is 5.72. The van der Waals surface area contributed by atoms with Crippen LogP contribution in [0.4, 0.5) is 18.9 Å². The van der Waals surface area contributed by atoms with Gasteiger partial charge in [0.1, 0.15) is 0 Å². The number of halogens is 3. The summed E-state index contributed by atoms with van der Waals surface area (Å²) in [5, 5.41) is 3.96. The standard InChI is InChI=1S/C18H25F3N2O/c1-3-5-6-8-17(24-4-2)9-7-14-22-23-16-12-10-15(11-13-16)18(19,20)21/h7,9-14,17,23H,3-6,8H2,1-2H3/b9-7+,22-14+. The Labute approximate surface area is 141 Å². The predicted molar refractivity (Wildman–Crippen MR) is 92.3 cm³/mol. The second kappa shape index (κ2) is 10.9. The second-order valence-electron chi connectivity index (χ2n) is 5.34. The minimum Gasteiger partial charge on any atom is -0.374 e. The highest BCUT2D eigenvalue weighted by atomic mass is 19.4. The quantitative estimate of drug-likeness (QED) is 0.339. The number of ether oxygens (including phenoxy) is 1. The van der Waals surface area contributed by atoms with E-state index >= 15 is 0 Å². The van der Waals surface area contributed by atoms with Crippen molar-refractivity contribution in [2.24, 2.45) is 5.10 Å². The summed E-state index contributed by atoms with van der Waals surface area (Å²) in [5.41, 5.74) is 2.51. The first-order valence-electron chi connectivity index (χ1n) is 8.22. The second-order valence-corrected chi connectivity index (χ2v) is 5.34. The van der Waals surface area contributed by atoms with Crippen LogP contribution in [0.25, 0.3) is 0 Å². The molecule has 0 bridgehead atoms. The summed E-state index contributed by atoms with van der Waals surface area (Å²) in [6.45, 7) is 4.77. The largest absolute Gasteiger partial charge is 0.416 e. The third-order valence-electron chi connectivity index (χ3n) is 3.37. The lowest BCUT2D eigenvalue weighted by atomic mass is 10.1. The van der Waals surface area contributed by atoms with Gasteiger partial charge in [-0.05, 0) is 43.7 Å². The van der Waals surface area contributed by atoms with Crippen molar-refractivity contribution in [3.63, 3.8) is 0 Å². The number of benzene rings is 1. The predicted octanol–water partition coefficient (Wildman–Crippen LogP) is 5.64. The molecule has 0 radical (unpaired) electrons. The normalized spacial score (nSPS) is 13.7. The Morgan fingerprint density at radius 1 is 1.17 bits per heavy atom. The van der Waals surface area contributed by atoms with Gasteiger partial charge in [0.05, 0.1) is 17.4 Å². The number of unbranched alkanes of at least 4 members (excludes halogenated alkanes) is 2. The molecule has 0 heterocycles. The lowest BCUT2D eigenvalue weighted by Crippen LogP contribution is -2.09. The summed E-state index contributed by atoms with van der Waals surface area (Å²) in [5.74, 6) is 0. The van der Waals surface area contributed by atoms with Crippen molar-refractivity contribution in [2.45, 2.75) is 51.8 Å². The van der Waals surface area contributed by atoms with E-state index in [4.69, 9.17) is 4.74 Å². The average molecular weight is 342 g/mol. The maximum absolute atomic E-state index is 12.5. The first kappa shape index (κ1) is 20.2. The van der Waals surface area contributed by atoms with Crippen molar-refractivity contribution in [2.75, 3.05) is 12.0 Å². The molecule has 1 atom stereocenters. The lowest BCUT2D eigenvalue weighted by molar-refractivity contribution is -0.137. The third-order valence-corrected chi connectivity index (χ3v) is 3.37. The molecule has 1 unspecified atom stereocenters. The van der Waals surface area contributed by atoms with Gasteiger partial charge in [0.2, 0.25) is 0 Å².